The van der Waals surface area contributed by atoms with E-state index in [-0.39, 0.29) is 6.54 Å². The first-order valence-electron chi connectivity index (χ1n) is 9.18. The zero-order chi connectivity index (χ0) is 21.8. The average Bonchev–Trinajstić information content (AvgIpc) is 3.43. The number of anilines is 2. The smallest absolute Gasteiger partial charge is 0.414 e. The fraction of sp³-hybridized carbons (Fsp3) is 0.143. The van der Waals surface area contributed by atoms with Crippen molar-refractivity contribution in [2.45, 2.75) is 6.10 Å². The van der Waals surface area contributed by atoms with Crippen LogP contribution < -0.4 is 10.2 Å². The number of halogens is 2. The number of hydrogen-bond acceptors (Lipinski definition) is 7. The summed E-state index contributed by atoms with van der Waals surface area (Å²) in [5, 5.41) is 15.7. The van der Waals surface area contributed by atoms with Gasteiger partial charge in [0, 0.05) is 34.1 Å². The molecule has 1 saturated heterocycles. The van der Waals surface area contributed by atoms with Crippen LogP contribution in [0.25, 0.3) is 10.6 Å². The third-order valence-electron chi connectivity index (χ3n) is 4.54. The van der Waals surface area contributed by atoms with Gasteiger partial charge in [-0.25, -0.2) is 9.18 Å². The molecule has 1 amide bonds. The van der Waals surface area contributed by atoms with E-state index < -0.39 is 18.0 Å². The Hall–Kier alpha value is -3.71. The summed E-state index contributed by atoms with van der Waals surface area (Å²) in [6, 6.07) is 9.81. The lowest BCUT2D eigenvalue weighted by Crippen LogP contribution is -2.27. The molecule has 1 atom stereocenters. The molecule has 3 aromatic rings. The van der Waals surface area contributed by atoms with Crippen LogP contribution in [0.2, 0.25) is 0 Å². The van der Waals surface area contributed by atoms with Crippen LogP contribution in [-0.2, 0) is 4.74 Å². The molecule has 2 aromatic heterocycles. The minimum atomic E-state index is -0.546. The summed E-state index contributed by atoms with van der Waals surface area (Å²) in [7, 11) is 0. The van der Waals surface area contributed by atoms with Crippen LogP contribution in [0.3, 0.4) is 0 Å². The fourth-order valence-electron chi connectivity index (χ4n) is 3.01. The maximum atomic E-state index is 14.7. The van der Waals surface area contributed by atoms with E-state index in [1.54, 1.807) is 36.5 Å². The lowest BCUT2D eigenvalue weighted by atomic mass is 10.1. The standard InChI is InChI=1S/C21H15BrFN5O3/c22-18(15-5-13(8-24)9-25-10-15)6-14-1-2-16(7-19(14)23)28-12-17(31-21(28)29)11-26-20-3-4-30-27-20/h1-7,9-10,17H,11-12H2,(H,26,27)/b18-6-/t17-/m0/s1. The molecule has 0 radical (unpaired) electrons. The molecule has 3 heterocycles. The molecule has 0 bridgehead atoms. The normalized spacial score (nSPS) is 16.2. The second-order valence-corrected chi connectivity index (χ2v) is 7.51. The molecule has 1 fully saturated rings. The van der Waals surface area contributed by atoms with Crippen LogP contribution in [0.4, 0.5) is 20.7 Å². The first kappa shape index (κ1) is 20.6. The summed E-state index contributed by atoms with van der Waals surface area (Å²) < 4.78 is 25.4. The molecule has 156 valence electrons. The minimum absolute atomic E-state index is 0.272. The van der Waals surface area contributed by atoms with Gasteiger partial charge >= 0.3 is 6.09 Å². The third kappa shape index (κ3) is 4.73. The van der Waals surface area contributed by atoms with Gasteiger partial charge in [-0.15, -0.1) is 0 Å². The second kappa shape index (κ2) is 8.97. The number of benzene rings is 1. The molecule has 1 aliphatic heterocycles. The van der Waals surface area contributed by atoms with Crippen molar-refractivity contribution in [1.82, 2.24) is 10.1 Å². The van der Waals surface area contributed by atoms with Crippen molar-refractivity contribution in [3.63, 3.8) is 0 Å². The maximum absolute atomic E-state index is 14.7. The highest BCUT2D eigenvalue weighted by atomic mass is 79.9. The maximum Gasteiger partial charge on any atom is 0.414 e. The Bertz CT molecular complexity index is 1180. The number of carbonyl (C=O) groups is 1. The van der Waals surface area contributed by atoms with Crippen molar-refractivity contribution in [2.24, 2.45) is 0 Å². The predicted molar refractivity (Wildman–Crippen MR) is 115 cm³/mol. The van der Waals surface area contributed by atoms with E-state index in [0.29, 0.717) is 39.2 Å². The van der Waals surface area contributed by atoms with Crippen LogP contribution in [-0.4, -0.2) is 35.4 Å². The number of carbonyl (C=O) groups excluding carboxylic acids is 1. The summed E-state index contributed by atoms with van der Waals surface area (Å²) in [4.78, 5) is 17.6. The van der Waals surface area contributed by atoms with Crippen LogP contribution in [0.1, 0.15) is 16.7 Å². The van der Waals surface area contributed by atoms with Gasteiger partial charge in [0.05, 0.1) is 24.3 Å². The van der Waals surface area contributed by atoms with Gasteiger partial charge in [0.25, 0.3) is 0 Å². The van der Waals surface area contributed by atoms with Crippen LogP contribution >= 0.6 is 15.9 Å². The van der Waals surface area contributed by atoms with Crippen molar-refractivity contribution >= 4 is 44.1 Å². The zero-order valence-corrected chi connectivity index (χ0v) is 17.5. The molecule has 0 aliphatic carbocycles. The highest BCUT2D eigenvalue weighted by Crippen LogP contribution is 2.28. The zero-order valence-electron chi connectivity index (χ0n) is 16.0. The van der Waals surface area contributed by atoms with Crippen LogP contribution in [0.15, 0.2) is 53.5 Å². The van der Waals surface area contributed by atoms with Gasteiger partial charge in [0.2, 0.25) is 0 Å². The number of nitrogens with one attached hydrogen (secondary N) is 1. The number of nitriles is 1. The largest absolute Gasteiger partial charge is 0.442 e. The number of aromatic nitrogens is 2. The molecule has 31 heavy (non-hydrogen) atoms. The Balaban J connectivity index is 1.47. The van der Waals surface area contributed by atoms with Gasteiger partial charge in [-0.3, -0.25) is 9.88 Å². The fourth-order valence-corrected chi connectivity index (χ4v) is 3.48. The van der Waals surface area contributed by atoms with E-state index in [1.165, 1.54) is 23.4 Å². The number of amides is 1. The molecule has 1 N–H and O–H groups in total. The van der Waals surface area contributed by atoms with Gasteiger partial charge < -0.3 is 14.6 Å². The molecular weight excluding hydrogens is 469 g/mol. The van der Waals surface area contributed by atoms with Crippen LogP contribution in [0.5, 0.6) is 0 Å². The highest BCUT2D eigenvalue weighted by Gasteiger charge is 2.32. The summed E-state index contributed by atoms with van der Waals surface area (Å²) in [6.07, 6.45) is 5.08. The summed E-state index contributed by atoms with van der Waals surface area (Å²) >= 11 is 3.40. The lowest BCUT2D eigenvalue weighted by Gasteiger charge is -2.14. The van der Waals surface area contributed by atoms with E-state index in [9.17, 15) is 9.18 Å². The third-order valence-corrected chi connectivity index (χ3v) is 5.23. The van der Waals surface area contributed by atoms with Crippen molar-refractivity contribution in [2.75, 3.05) is 23.3 Å². The molecule has 1 aliphatic rings. The number of pyridine rings is 1. The Kier molecular flexibility index (Phi) is 5.95. The van der Waals surface area contributed by atoms with E-state index >= 15 is 0 Å². The topological polar surface area (TPSA) is 104 Å². The predicted octanol–water partition coefficient (Wildman–Crippen LogP) is 4.41. The summed E-state index contributed by atoms with van der Waals surface area (Å²) in [5.74, 6) is 0.0357. The number of ether oxygens (including phenoxy) is 1. The van der Waals surface area contributed by atoms with E-state index in [4.69, 9.17) is 14.5 Å². The Morgan fingerprint density at radius 3 is 3.00 bits per heavy atom. The molecular formula is C21H15BrFN5O3. The van der Waals surface area contributed by atoms with Crippen molar-refractivity contribution in [3.05, 3.63) is 71.5 Å². The lowest BCUT2D eigenvalue weighted by molar-refractivity contribution is 0.147. The molecule has 0 unspecified atom stereocenters. The Labute approximate surface area is 185 Å². The molecule has 8 nitrogen and oxygen atoms in total. The highest BCUT2D eigenvalue weighted by molar-refractivity contribution is 9.15. The first-order valence-corrected chi connectivity index (χ1v) is 9.97. The van der Waals surface area contributed by atoms with Crippen LogP contribution in [0, 0.1) is 17.1 Å². The van der Waals surface area contributed by atoms with Gasteiger partial charge in [-0.1, -0.05) is 21.1 Å². The molecule has 10 heteroatoms. The van der Waals surface area contributed by atoms with Gasteiger partial charge in [-0.05, 0) is 30.3 Å². The van der Waals surface area contributed by atoms with E-state index in [0.717, 1.165) is 0 Å². The van der Waals surface area contributed by atoms with Crippen molar-refractivity contribution in [3.8, 4) is 6.07 Å². The van der Waals surface area contributed by atoms with Gasteiger partial charge in [-0.2, -0.15) is 5.26 Å². The molecule has 4 rings (SSSR count). The van der Waals surface area contributed by atoms with E-state index in [1.807, 2.05) is 6.07 Å². The minimum Gasteiger partial charge on any atom is -0.442 e. The summed E-state index contributed by atoms with van der Waals surface area (Å²) in [5.41, 5.74) is 1.76. The number of nitrogens with zero attached hydrogens (tertiary/aromatic N) is 4. The molecule has 1 aromatic carbocycles. The first-order chi connectivity index (χ1) is 15.0. The average molecular weight is 484 g/mol. The summed E-state index contributed by atoms with van der Waals surface area (Å²) in [6.45, 7) is 0.620. The SMILES string of the molecule is N#Cc1cncc(/C(Br)=C/c2ccc(N3C[C@H](CNc4ccon4)OC3=O)cc2F)c1. The Morgan fingerprint density at radius 1 is 1.39 bits per heavy atom. The van der Waals surface area contributed by atoms with Crippen molar-refractivity contribution < 1.29 is 18.4 Å². The number of hydrogen-bond donors (Lipinski definition) is 1. The van der Waals surface area contributed by atoms with E-state index in [2.05, 4.69) is 31.4 Å². The Morgan fingerprint density at radius 2 is 2.26 bits per heavy atom. The van der Waals surface area contributed by atoms with Crippen molar-refractivity contribution in [1.29, 1.82) is 5.26 Å². The van der Waals surface area contributed by atoms with Gasteiger partial charge in [0.1, 0.15) is 24.3 Å². The number of rotatable bonds is 6. The van der Waals surface area contributed by atoms with Gasteiger partial charge in [0.15, 0.2) is 5.82 Å². The monoisotopic (exact) mass is 483 g/mol. The molecule has 0 saturated carbocycles. The second-order valence-electron chi connectivity index (χ2n) is 6.65. The quantitative estimate of drug-likeness (QED) is 0.553. The molecule has 0 spiro atoms. The number of cyclic esters (lactones) is 1.